The van der Waals surface area contributed by atoms with Crippen molar-refractivity contribution in [1.29, 1.82) is 0 Å². The number of rotatable bonds is 4. The molecule has 94 valence electrons. The third-order valence-corrected chi connectivity index (χ3v) is 3.68. The molecule has 1 aromatic carbocycles. The molecule has 4 nitrogen and oxygen atoms in total. The summed E-state index contributed by atoms with van der Waals surface area (Å²) in [6.45, 7) is 1.81. The summed E-state index contributed by atoms with van der Waals surface area (Å²) in [6.07, 6.45) is 1.56. The maximum absolute atomic E-state index is 12.0. The van der Waals surface area contributed by atoms with Gasteiger partial charge in [0.25, 0.3) is 0 Å². The second-order valence-electron chi connectivity index (χ2n) is 4.02. The minimum Gasteiger partial charge on any atom is -0.267 e. The number of hydrogen-bond acceptors (Lipinski definition) is 3. The summed E-state index contributed by atoms with van der Waals surface area (Å²) in [6, 6.07) is 12.6. The summed E-state index contributed by atoms with van der Waals surface area (Å²) in [5.74, 6) is 0.331. The number of aromatic nitrogens is 1. The standard InChI is InChI=1S/C13H14N2O2S/c1-11-6-5-9-14-13(11)15-18(16,17)10-12-7-3-2-4-8-12/h2-9H,10H2,1H3,(H,14,15). The van der Waals surface area contributed by atoms with Gasteiger partial charge in [0.1, 0.15) is 5.82 Å². The van der Waals surface area contributed by atoms with Crippen LogP contribution in [0.3, 0.4) is 0 Å². The average molecular weight is 262 g/mol. The summed E-state index contributed by atoms with van der Waals surface area (Å²) in [4.78, 5) is 4.01. The van der Waals surface area contributed by atoms with Crippen LogP contribution >= 0.6 is 0 Å². The number of pyridine rings is 1. The largest absolute Gasteiger partial charge is 0.267 e. The molecule has 0 saturated heterocycles. The Bertz CT molecular complexity index is 624. The van der Waals surface area contributed by atoms with Crippen LogP contribution in [-0.2, 0) is 15.8 Å². The van der Waals surface area contributed by atoms with Gasteiger partial charge in [0.05, 0.1) is 5.75 Å². The monoisotopic (exact) mass is 262 g/mol. The van der Waals surface area contributed by atoms with Gasteiger partial charge in [-0.3, -0.25) is 4.72 Å². The number of anilines is 1. The highest BCUT2D eigenvalue weighted by molar-refractivity contribution is 7.91. The molecule has 18 heavy (non-hydrogen) atoms. The molecule has 0 amide bonds. The summed E-state index contributed by atoms with van der Waals surface area (Å²) < 4.78 is 26.4. The van der Waals surface area contributed by atoms with E-state index in [1.807, 2.05) is 31.2 Å². The molecule has 0 saturated carbocycles. The Morgan fingerprint density at radius 1 is 1.11 bits per heavy atom. The molecule has 0 bridgehead atoms. The molecule has 1 N–H and O–H groups in total. The number of hydrogen-bond donors (Lipinski definition) is 1. The van der Waals surface area contributed by atoms with Crippen molar-refractivity contribution in [1.82, 2.24) is 4.98 Å². The average Bonchev–Trinajstić information content (AvgIpc) is 2.32. The fourth-order valence-electron chi connectivity index (χ4n) is 1.57. The molecule has 0 aliphatic carbocycles. The molecule has 0 unspecified atom stereocenters. The molecule has 0 fully saturated rings. The van der Waals surface area contributed by atoms with Crippen molar-refractivity contribution < 1.29 is 8.42 Å². The maximum atomic E-state index is 12.0. The molecule has 0 aliphatic heterocycles. The smallest absolute Gasteiger partial charge is 0.238 e. The molecule has 1 heterocycles. The van der Waals surface area contributed by atoms with E-state index < -0.39 is 10.0 Å². The van der Waals surface area contributed by atoms with Gasteiger partial charge in [-0.05, 0) is 24.1 Å². The highest BCUT2D eigenvalue weighted by Crippen LogP contribution is 2.13. The van der Waals surface area contributed by atoms with Crippen molar-refractivity contribution in [2.24, 2.45) is 0 Å². The van der Waals surface area contributed by atoms with Crippen molar-refractivity contribution in [3.05, 3.63) is 59.8 Å². The Hall–Kier alpha value is -1.88. The first kappa shape index (κ1) is 12.6. The zero-order chi connectivity index (χ0) is 13.0. The predicted octanol–water partition coefficient (Wildman–Crippen LogP) is 2.33. The molecule has 2 aromatic rings. The van der Waals surface area contributed by atoms with Crippen LogP contribution in [0.2, 0.25) is 0 Å². The second kappa shape index (κ2) is 5.18. The van der Waals surface area contributed by atoms with E-state index in [9.17, 15) is 8.42 Å². The Balaban J connectivity index is 2.16. The van der Waals surface area contributed by atoms with Crippen LogP contribution in [0.1, 0.15) is 11.1 Å². The summed E-state index contributed by atoms with van der Waals surface area (Å²) >= 11 is 0. The van der Waals surface area contributed by atoms with Crippen LogP contribution in [-0.4, -0.2) is 13.4 Å². The molecular formula is C13H14N2O2S. The van der Waals surface area contributed by atoms with Gasteiger partial charge in [0, 0.05) is 6.20 Å². The second-order valence-corrected chi connectivity index (χ2v) is 5.74. The van der Waals surface area contributed by atoms with E-state index in [1.54, 1.807) is 24.4 Å². The number of nitrogens with zero attached hydrogens (tertiary/aromatic N) is 1. The third-order valence-electron chi connectivity index (χ3n) is 2.46. The minimum atomic E-state index is -3.42. The zero-order valence-electron chi connectivity index (χ0n) is 10.00. The lowest BCUT2D eigenvalue weighted by Crippen LogP contribution is -2.16. The topological polar surface area (TPSA) is 59.1 Å². The number of aryl methyl sites for hydroxylation is 1. The number of sulfonamides is 1. The Kier molecular flexibility index (Phi) is 3.62. The fourth-order valence-corrected chi connectivity index (χ4v) is 2.78. The number of nitrogens with one attached hydrogen (secondary N) is 1. The van der Waals surface area contributed by atoms with Gasteiger partial charge < -0.3 is 0 Å². The van der Waals surface area contributed by atoms with Crippen molar-refractivity contribution in [2.75, 3.05) is 4.72 Å². The van der Waals surface area contributed by atoms with Gasteiger partial charge in [-0.15, -0.1) is 0 Å². The van der Waals surface area contributed by atoms with Crippen LogP contribution in [0.25, 0.3) is 0 Å². The van der Waals surface area contributed by atoms with E-state index in [2.05, 4.69) is 9.71 Å². The van der Waals surface area contributed by atoms with E-state index in [-0.39, 0.29) is 5.75 Å². The highest BCUT2D eigenvalue weighted by Gasteiger charge is 2.13. The van der Waals surface area contributed by atoms with Gasteiger partial charge in [-0.1, -0.05) is 36.4 Å². The maximum Gasteiger partial charge on any atom is 0.238 e. The lowest BCUT2D eigenvalue weighted by Gasteiger charge is -2.09. The Labute approximate surface area is 107 Å². The van der Waals surface area contributed by atoms with E-state index in [0.29, 0.717) is 5.82 Å². The molecule has 5 heteroatoms. The molecule has 0 spiro atoms. The zero-order valence-corrected chi connectivity index (χ0v) is 10.8. The van der Waals surface area contributed by atoms with Crippen LogP contribution in [0.4, 0.5) is 5.82 Å². The Morgan fingerprint density at radius 3 is 2.50 bits per heavy atom. The van der Waals surface area contributed by atoms with E-state index in [0.717, 1.165) is 11.1 Å². The SMILES string of the molecule is Cc1cccnc1NS(=O)(=O)Cc1ccccc1. The normalized spacial score (nSPS) is 11.2. The van der Waals surface area contributed by atoms with Gasteiger partial charge in [-0.25, -0.2) is 13.4 Å². The molecule has 1 aromatic heterocycles. The first-order valence-electron chi connectivity index (χ1n) is 5.53. The molecule has 0 atom stereocenters. The first-order chi connectivity index (χ1) is 8.57. The lowest BCUT2D eigenvalue weighted by atomic mass is 10.2. The third kappa shape index (κ3) is 3.30. The van der Waals surface area contributed by atoms with E-state index >= 15 is 0 Å². The molecule has 0 radical (unpaired) electrons. The van der Waals surface area contributed by atoms with E-state index in [1.165, 1.54) is 0 Å². The van der Waals surface area contributed by atoms with Gasteiger partial charge in [0.2, 0.25) is 10.0 Å². The summed E-state index contributed by atoms with van der Waals surface area (Å²) in [5.41, 5.74) is 1.55. The first-order valence-corrected chi connectivity index (χ1v) is 7.18. The number of benzene rings is 1. The Morgan fingerprint density at radius 2 is 1.83 bits per heavy atom. The molecular weight excluding hydrogens is 248 g/mol. The quantitative estimate of drug-likeness (QED) is 0.920. The lowest BCUT2D eigenvalue weighted by molar-refractivity contribution is 0.600. The summed E-state index contributed by atoms with van der Waals surface area (Å²) in [5, 5.41) is 0. The predicted molar refractivity (Wildman–Crippen MR) is 71.7 cm³/mol. The highest BCUT2D eigenvalue weighted by atomic mass is 32.2. The van der Waals surface area contributed by atoms with Crippen molar-refractivity contribution >= 4 is 15.8 Å². The van der Waals surface area contributed by atoms with Gasteiger partial charge in [-0.2, -0.15) is 0 Å². The van der Waals surface area contributed by atoms with Gasteiger partial charge >= 0.3 is 0 Å². The van der Waals surface area contributed by atoms with Crippen LogP contribution < -0.4 is 4.72 Å². The van der Waals surface area contributed by atoms with Gasteiger partial charge in [0.15, 0.2) is 0 Å². The van der Waals surface area contributed by atoms with E-state index in [4.69, 9.17) is 0 Å². The van der Waals surface area contributed by atoms with Crippen molar-refractivity contribution in [3.63, 3.8) is 0 Å². The van der Waals surface area contributed by atoms with Crippen LogP contribution in [0.5, 0.6) is 0 Å². The van der Waals surface area contributed by atoms with Crippen molar-refractivity contribution in [2.45, 2.75) is 12.7 Å². The minimum absolute atomic E-state index is 0.0517. The fraction of sp³-hybridized carbons (Fsp3) is 0.154. The van der Waals surface area contributed by atoms with Crippen LogP contribution in [0.15, 0.2) is 48.7 Å². The molecule has 0 aliphatic rings. The van der Waals surface area contributed by atoms with Crippen LogP contribution in [0, 0.1) is 6.92 Å². The van der Waals surface area contributed by atoms with Crippen molar-refractivity contribution in [3.8, 4) is 0 Å². The summed E-state index contributed by atoms with van der Waals surface area (Å²) in [7, 11) is -3.42. The molecule has 2 rings (SSSR count).